The number of hydrogen-bond acceptors (Lipinski definition) is 5. The van der Waals surface area contributed by atoms with E-state index >= 15 is 0 Å². The molecule has 2 N–H and O–H groups in total. The van der Waals surface area contributed by atoms with E-state index in [1.807, 2.05) is 31.2 Å². The minimum absolute atomic E-state index is 0.0244. The highest BCUT2D eigenvalue weighted by molar-refractivity contribution is 7.11. The molecule has 1 amide bonds. The third kappa shape index (κ3) is 4.07. The molecule has 1 unspecified atom stereocenters. The zero-order chi connectivity index (χ0) is 17.9. The molecule has 4 rings (SSSR count). The SMILES string of the molecule is Cc1nc2c(s1)CC(C(=O)Nc1cccc(OC3CCNCC3)c1)CC2. The van der Waals surface area contributed by atoms with E-state index in [0.29, 0.717) is 0 Å². The Morgan fingerprint density at radius 2 is 2.15 bits per heavy atom. The molecule has 1 atom stereocenters. The largest absolute Gasteiger partial charge is 0.490 e. The number of piperidine rings is 1. The Hall–Kier alpha value is -1.92. The van der Waals surface area contributed by atoms with Gasteiger partial charge in [0.15, 0.2) is 0 Å². The summed E-state index contributed by atoms with van der Waals surface area (Å²) in [6, 6.07) is 7.77. The maximum Gasteiger partial charge on any atom is 0.227 e. The molecular weight excluding hydrogens is 346 g/mol. The number of amides is 1. The minimum atomic E-state index is 0.0244. The summed E-state index contributed by atoms with van der Waals surface area (Å²) >= 11 is 1.72. The third-order valence-corrected chi connectivity index (χ3v) is 6.14. The van der Waals surface area contributed by atoms with E-state index in [4.69, 9.17) is 4.74 Å². The number of ether oxygens (including phenoxy) is 1. The van der Waals surface area contributed by atoms with Gasteiger partial charge in [-0.2, -0.15) is 0 Å². The molecule has 0 radical (unpaired) electrons. The molecule has 2 heterocycles. The third-order valence-electron chi connectivity index (χ3n) is 5.11. The first-order chi connectivity index (χ1) is 12.7. The number of carbonyl (C=O) groups is 1. The van der Waals surface area contributed by atoms with Crippen molar-refractivity contribution in [3.05, 3.63) is 39.8 Å². The van der Waals surface area contributed by atoms with Crippen LogP contribution in [0.15, 0.2) is 24.3 Å². The van der Waals surface area contributed by atoms with Crippen LogP contribution in [0.2, 0.25) is 0 Å². The second-order valence-electron chi connectivity index (χ2n) is 7.13. The number of anilines is 1. The first-order valence-corrected chi connectivity index (χ1v) is 10.2. The summed E-state index contributed by atoms with van der Waals surface area (Å²) < 4.78 is 6.07. The number of nitrogens with one attached hydrogen (secondary N) is 2. The fraction of sp³-hybridized carbons (Fsp3) is 0.500. The van der Waals surface area contributed by atoms with E-state index in [9.17, 15) is 4.79 Å². The van der Waals surface area contributed by atoms with E-state index in [1.54, 1.807) is 11.3 Å². The summed E-state index contributed by atoms with van der Waals surface area (Å²) in [5, 5.41) is 7.52. The van der Waals surface area contributed by atoms with E-state index in [2.05, 4.69) is 15.6 Å². The van der Waals surface area contributed by atoms with Gasteiger partial charge in [0.1, 0.15) is 11.9 Å². The molecule has 5 nitrogen and oxygen atoms in total. The molecule has 26 heavy (non-hydrogen) atoms. The van der Waals surface area contributed by atoms with Crippen molar-refractivity contribution in [1.29, 1.82) is 0 Å². The summed E-state index contributed by atoms with van der Waals surface area (Å²) in [6.45, 7) is 4.04. The highest BCUT2D eigenvalue weighted by Crippen LogP contribution is 2.30. The van der Waals surface area contributed by atoms with Crippen LogP contribution in [0.4, 0.5) is 5.69 Å². The van der Waals surface area contributed by atoms with Gasteiger partial charge in [-0.05, 0) is 64.3 Å². The van der Waals surface area contributed by atoms with E-state index in [-0.39, 0.29) is 17.9 Å². The molecule has 2 aromatic rings. The fourth-order valence-corrected chi connectivity index (χ4v) is 4.79. The van der Waals surface area contributed by atoms with Crippen molar-refractivity contribution in [3.8, 4) is 5.75 Å². The molecule has 6 heteroatoms. The number of rotatable bonds is 4. The fourth-order valence-electron chi connectivity index (χ4n) is 3.73. The van der Waals surface area contributed by atoms with Gasteiger partial charge in [-0.1, -0.05) is 6.07 Å². The quantitative estimate of drug-likeness (QED) is 0.865. The van der Waals surface area contributed by atoms with Gasteiger partial charge in [-0.15, -0.1) is 11.3 Å². The number of nitrogens with zero attached hydrogens (tertiary/aromatic N) is 1. The second-order valence-corrected chi connectivity index (χ2v) is 8.41. The van der Waals surface area contributed by atoms with E-state index < -0.39 is 0 Å². The van der Waals surface area contributed by atoms with Crippen LogP contribution in [0.5, 0.6) is 5.75 Å². The minimum Gasteiger partial charge on any atom is -0.490 e. The van der Waals surface area contributed by atoms with Crippen molar-refractivity contribution in [3.63, 3.8) is 0 Å². The Bertz CT molecular complexity index is 783. The van der Waals surface area contributed by atoms with Crippen LogP contribution in [-0.4, -0.2) is 30.1 Å². The summed E-state index contributed by atoms with van der Waals surface area (Å²) in [5.41, 5.74) is 2.00. The van der Waals surface area contributed by atoms with Gasteiger partial charge in [0.2, 0.25) is 5.91 Å². The Morgan fingerprint density at radius 1 is 1.31 bits per heavy atom. The smallest absolute Gasteiger partial charge is 0.227 e. The van der Waals surface area contributed by atoms with Crippen molar-refractivity contribution in [1.82, 2.24) is 10.3 Å². The van der Waals surface area contributed by atoms with Gasteiger partial charge in [0.05, 0.1) is 10.7 Å². The molecule has 2 aliphatic rings. The molecular formula is C20H25N3O2S. The molecule has 1 aliphatic carbocycles. The Balaban J connectivity index is 1.37. The number of benzene rings is 1. The standard InChI is InChI=1S/C20H25N3O2S/c1-13-22-18-6-5-14(11-19(18)26-13)20(24)23-15-3-2-4-17(12-15)25-16-7-9-21-10-8-16/h2-4,12,14,16,21H,5-11H2,1H3,(H,23,24). The van der Waals surface area contributed by atoms with Crippen LogP contribution in [-0.2, 0) is 17.6 Å². The number of hydrogen-bond donors (Lipinski definition) is 2. The summed E-state index contributed by atoms with van der Waals surface area (Å²) in [7, 11) is 0. The molecule has 0 saturated carbocycles. The monoisotopic (exact) mass is 371 g/mol. The lowest BCUT2D eigenvalue weighted by molar-refractivity contribution is -0.120. The average Bonchev–Trinajstić information content (AvgIpc) is 3.02. The Labute approximate surface area is 158 Å². The lowest BCUT2D eigenvalue weighted by Gasteiger charge is -2.24. The van der Waals surface area contributed by atoms with Crippen molar-refractivity contribution >= 4 is 22.9 Å². The summed E-state index contributed by atoms with van der Waals surface area (Å²) in [6.07, 6.45) is 4.88. The lowest BCUT2D eigenvalue weighted by Crippen LogP contribution is -2.34. The predicted molar refractivity (Wildman–Crippen MR) is 104 cm³/mol. The van der Waals surface area contributed by atoms with Gasteiger partial charge in [-0.3, -0.25) is 4.79 Å². The Morgan fingerprint density at radius 3 is 3.00 bits per heavy atom. The molecule has 0 spiro atoms. The van der Waals surface area contributed by atoms with Crippen LogP contribution in [0.25, 0.3) is 0 Å². The van der Waals surface area contributed by atoms with E-state index in [1.165, 1.54) is 10.6 Å². The van der Waals surface area contributed by atoms with Crippen LogP contribution in [0, 0.1) is 12.8 Å². The molecule has 1 saturated heterocycles. The van der Waals surface area contributed by atoms with Crippen molar-refractivity contribution in [2.24, 2.45) is 5.92 Å². The second kappa shape index (κ2) is 7.76. The number of aromatic nitrogens is 1. The molecule has 1 aromatic carbocycles. The van der Waals surface area contributed by atoms with Gasteiger partial charge >= 0.3 is 0 Å². The topological polar surface area (TPSA) is 63.2 Å². The highest BCUT2D eigenvalue weighted by atomic mass is 32.1. The first-order valence-electron chi connectivity index (χ1n) is 9.41. The van der Waals surface area contributed by atoms with Gasteiger partial charge < -0.3 is 15.4 Å². The van der Waals surface area contributed by atoms with Crippen molar-refractivity contribution in [2.45, 2.75) is 45.1 Å². The molecule has 1 aromatic heterocycles. The molecule has 1 fully saturated rings. The predicted octanol–water partition coefficient (Wildman–Crippen LogP) is 3.33. The first kappa shape index (κ1) is 17.5. The normalized spacial score (nSPS) is 20.4. The lowest BCUT2D eigenvalue weighted by atomic mass is 9.90. The van der Waals surface area contributed by atoms with Crippen molar-refractivity contribution < 1.29 is 9.53 Å². The highest BCUT2D eigenvalue weighted by Gasteiger charge is 2.27. The summed E-state index contributed by atoms with van der Waals surface area (Å²) in [4.78, 5) is 18.5. The van der Waals surface area contributed by atoms with Gasteiger partial charge in [0, 0.05) is 22.5 Å². The van der Waals surface area contributed by atoms with E-state index in [0.717, 1.165) is 61.6 Å². The molecule has 0 bridgehead atoms. The van der Waals surface area contributed by atoms with Crippen LogP contribution >= 0.6 is 11.3 Å². The zero-order valence-corrected chi connectivity index (χ0v) is 15.9. The number of fused-ring (bicyclic) bond motifs is 1. The number of aryl methyl sites for hydroxylation is 2. The van der Waals surface area contributed by atoms with Crippen LogP contribution in [0.1, 0.15) is 34.8 Å². The summed E-state index contributed by atoms with van der Waals surface area (Å²) in [5.74, 6) is 0.954. The van der Waals surface area contributed by atoms with Gasteiger partial charge in [0.25, 0.3) is 0 Å². The number of thiazole rings is 1. The van der Waals surface area contributed by atoms with Gasteiger partial charge in [-0.25, -0.2) is 4.98 Å². The van der Waals surface area contributed by atoms with Crippen LogP contribution in [0.3, 0.4) is 0 Å². The maximum absolute atomic E-state index is 12.7. The maximum atomic E-state index is 12.7. The van der Waals surface area contributed by atoms with Crippen LogP contribution < -0.4 is 15.4 Å². The number of carbonyl (C=O) groups excluding carboxylic acids is 1. The molecule has 1 aliphatic heterocycles. The van der Waals surface area contributed by atoms with Crippen molar-refractivity contribution in [2.75, 3.05) is 18.4 Å². The Kier molecular flexibility index (Phi) is 5.22. The molecule has 138 valence electrons. The average molecular weight is 372 g/mol. The zero-order valence-electron chi connectivity index (χ0n) is 15.1.